The lowest BCUT2D eigenvalue weighted by molar-refractivity contribution is 0.0762. The van der Waals surface area contributed by atoms with Crippen molar-refractivity contribution in [1.29, 1.82) is 0 Å². The van der Waals surface area contributed by atoms with E-state index in [-0.39, 0.29) is 0 Å². The zero-order valence-corrected chi connectivity index (χ0v) is 13.2. The average molecular weight is 274 g/mol. The van der Waals surface area contributed by atoms with Gasteiger partial charge in [0.2, 0.25) is 0 Å². The molecule has 0 bridgehead atoms. The van der Waals surface area contributed by atoms with E-state index >= 15 is 0 Å². The van der Waals surface area contributed by atoms with Crippen molar-refractivity contribution in [3.05, 3.63) is 43.0 Å². The molecule has 0 aromatic heterocycles. The normalized spacial score (nSPS) is 20.8. The van der Waals surface area contributed by atoms with Crippen LogP contribution >= 0.6 is 0 Å². The summed E-state index contributed by atoms with van der Waals surface area (Å²) in [6.45, 7) is 8.54. The lowest BCUT2D eigenvalue weighted by Gasteiger charge is -2.46. The molecule has 1 nitrogen and oxygen atoms in total. The van der Waals surface area contributed by atoms with E-state index in [0.29, 0.717) is 5.92 Å². The van der Waals surface area contributed by atoms with Crippen molar-refractivity contribution in [2.24, 2.45) is 5.92 Å². The molecule has 0 saturated heterocycles. The summed E-state index contributed by atoms with van der Waals surface area (Å²) in [5.41, 5.74) is 0. The van der Waals surface area contributed by atoms with Crippen molar-refractivity contribution in [2.75, 3.05) is 0 Å². The Morgan fingerprint density at radius 1 is 1.16 bits per heavy atom. The molecule has 0 radical (unpaired) electrons. The molecule has 0 spiro atoms. The fraction of sp³-hybridized carbons (Fsp3) is 0.529. The van der Waals surface area contributed by atoms with E-state index in [9.17, 15) is 5.11 Å². The Kier molecular flexibility index (Phi) is 4.31. The van der Waals surface area contributed by atoms with Gasteiger partial charge in [-0.25, -0.2) is 0 Å². The van der Waals surface area contributed by atoms with Crippen molar-refractivity contribution in [1.82, 2.24) is 0 Å². The standard InChI is InChI=1S/C17H26OSi/c1-4-17(18,15-11-7-5-8-12-15)19(2,3)16-13-9-6-10-14-16/h4,6,9-10,13-15,18H,1,5,7-8,11-12H2,2-3H3. The van der Waals surface area contributed by atoms with Crippen LogP contribution in [0.5, 0.6) is 0 Å². The second kappa shape index (κ2) is 5.64. The third-order valence-corrected chi connectivity index (χ3v) is 9.43. The first kappa shape index (κ1) is 14.5. The monoisotopic (exact) mass is 274 g/mol. The first-order chi connectivity index (χ1) is 9.02. The highest BCUT2D eigenvalue weighted by molar-refractivity contribution is 6.92. The van der Waals surface area contributed by atoms with Crippen LogP contribution in [0.25, 0.3) is 0 Å². The predicted molar refractivity (Wildman–Crippen MR) is 85.3 cm³/mol. The summed E-state index contributed by atoms with van der Waals surface area (Å²) < 4.78 is 0. The molecule has 1 aromatic rings. The van der Waals surface area contributed by atoms with Gasteiger partial charge >= 0.3 is 0 Å². The Hall–Kier alpha value is -0.863. The molecule has 1 aliphatic rings. The molecule has 1 aliphatic carbocycles. The van der Waals surface area contributed by atoms with E-state index < -0.39 is 13.3 Å². The van der Waals surface area contributed by atoms with Gasteiger partial charge in [-0.15, -0.1) is 6.58 Å². The molecule has 1 saturated carbocycles. The number of aliphatic hydroxyl groups is 1. The summed E-state index contributed by atoms with van der Waals surface area (Å²) in [6, 6.07) is 10.5. The van der Waals surface area contributed by atoms with Crippen LogP contribution in [0.4, 0.5) is 0 Å². The van der Waals surface area contributed by atoms with Crippen molar-refractivity contribution in [3.63, 3.8) is 0 Å². The average Bonchev–Trinajstić information content (AvgIpc) is 2.48. The highest BCUT2D eigenvalue weighted by Crippen LogP contribution is 2.39. The molecule has 1 aromatic carbocycles. The molecule has 0 amide bonds. The summed E-state index contributed by atoms with van der Waals surface area (Å²) in [7, 11) is -1.98. The van der Waals surface area contributed by atoms with Crippen molar-refractivity contribution < 1.29 is 5.11 Å². The van der Waals surface area contributed by atoms with Gasteiger partial charge in [-0.05, 0) is 18.8 Å². The minimum Gasteiger partial charge on any atom is -0.389 e. The second-order valence-corrected chi connectivity index (χ2v) is 11.0. The molecule has 1 N–H and O–H groups in total. The van der Waals surface area contributed by atoms with Gasteiger partial charge in [0.25, 0.3) is 0 Å². The number of rotatable bonds is 4. The maximum Gasteiger partial charge on any atom is 0.122 e. The Morgan fingerprint density at radius 2 is 1.74 bits per heavy atom. The Labute approximate surface area is 118 Å². The predicted octanol–water partition coefficient (Wildman–Crippen LogP) is 3.64. The summed E-state index contributed by atoms with van der Waals surface area (Å²) >= 11 is 0. The third kappa shape index (κ3) is 2.56. The largest absolute Gasteiger partial charge is 0.389 e. The van der Waals surface area contributed by atoms with Gasteiger partial charge in [0, 0.05) is 0 Å². The Bertz CT molecular complexity index is 420. The molecule has 2 heteroatoms. The van der Waals surface area contributed by atoms with Gasteiger partial charge in [-0.1, -0.05) is 74.0 Å². The molecule has 104 valence electrons. The fourth-order valence-corrected chi connectivity index (χ4v) is 6.87. The molecule has 0 aliphatic heterocycles. The minimum atomic E-state index is -1.98. The molecular weight excluding hydrogens is 248 g/mol. The molecule has 0 heterocycles. The zero-order chi connectivity index (χ0) is 13.9. The van der Waals surface area contributed by atoms with Gasteiger partial charge < -0.3 is 5.11 Å². The van der Waals surface area contributed by atoms with E-state index in [1.165, 1.54) is 24.4 Å². The Balaban J connectivity index is 2.36. The van der Waals surface area contributed by atoms with E-state index in [0.717, 1.165) is 12.8 Å². The number of hydrogen-bond acceptors (Lipinski definition) is 1. The van der Waals surface area contributed by atoms with E-state index in [2.05, 4.69) is 43.9 Å². The number of hydrogen-bond donors (Lipinski definition) is 1. The van der Waals surface area contributed by atoms with Gasteiger partial charge in [0.15, 0.2) is 0 Å². The fourth-order valence-electron chi connectivity index (χ4n) is 3.56. The quantitative estimate of drug-likeness (QED) is 0.656. The third-order valence-electron chi connectivity index (χ3n) is 5.04. The summed E-state index contributed by atoms with van der Waals surface area (Å²) in [5, 5.41) is 12.0. The van der Waals surface area contributed by atoms with Gasteiger partial charge in [-0.3, -0.25) is 0 Å². The molecule has 19 heavy (non-hydrogen) atoms. The van der Waals surface area contributed by atoms with Crippen LogP contribution in [0.2, 0.25) is 13.1 Å². The lowest BCUT2D eigenvalue weighted by atomic mass is 9.85. The van der Waals surface area contributed by atoms with Crippen molar-refractivity contribution in [3.8, 4) is 0 Å². The Morgan fingerprint density at radius 3 is 2.26 bits per heavy atom. The van der Waals surface area contributed by atoms with E-state index in [1.807, 2.05) is 12.1 Å². The molecule has 1 unspecified atom stereocenters. The second-order valence-electron chi connectivity index (χ2n) is 6.36. The SMILES string of the molecule is C=CC(O)(C1CCCCC1)[Si](C)(C)c1ccccc1. The molecular formula is C17H26OSi. The minimum absolute atomic E-state index is 0.389. The van der Waals surface area contributed by atoms with Gasteiger partial charge in [0.1, 0.15) is 8.07 Å². The first-order valence-corrected chi connectivity index (χ1v) is 10.4. The first-order valence-electron chi connectivity index (χ1n) is 7.44. The van der Waals surface area contributed by atoms with Crippen LogP contribution in [0.15, 0.2) is 43.0 Å². The molecule has 2 rings (SSSR count). The highest BCUT2D eigenvalue weighted by atomic mass is 28.3. The van der Waals surface area contributed by atoms with Gasteiger partial charge in [-0.2, -0.15) is 0 Å². The highest BCUT2D eigenvalue weighted by Gasteiger charge is 2.49. The zero-order valence-electron chi connectivity index (χ0n) is 12.2. The van der Waals surface area contributed by atoms with E-state index in [1.54, 1.807) is 0 Å². The van der Waals surface area contributed by atoms with Crippen molar-refractivity contribution >= 4 is 13.3 Å². The van der Waals surface area contributed by atoms with Crippen LogP contribution in [-0.2, 0) is 0 Å². The molecule has 1 atom stereocenters. The summed E-state index contributed by atoms with van der Waals surface area (Å²) in [5.74, 6) is 0.389. The summed E-state index contributed by atoms with van der Waals surface area (Å²) in [6.07, 6.45) is 7.96. The van der Waals surface area contributed by atoms with Crippen LogP contribution in [0.3, 0.4) is 0 Å². The maximum absolute atomic E-state index is 11.4. The van der Waals surface area contributed by atoms with Crippen LogP contribution in [-0.4, -0.2) is 18.4 Å². The summed E-state index contributed by atoms with van der Waals surface area (Å²) in [4.78, 5) is 0. The van der Waals surface area contributed by atoms with Gasteiger partial charge in [0.05, 0.1) is 5.22 Å². The maximum atomic E-state index is 11.4. The van der Waals surface area contributed by atoms with Crippen LogP contribution in [0.1, 0.15) is 32.1 Å². The topological polar surface area (TPSA) is 20.2 Å². The van der Waals surface area contributed by atoms with Crippen molar-refractivity contribution in [2.45, 2.75) is 50.4 Å². The van der Waals surface area contributed by atoms with Crippen LogP contribution < -0.4 is 5.19 Å². The smallest absolute Gasteiger partial charge is 0.122 e. The number of benzene rings is 1. The van der Waals surface area contributed by atoms with Crippen LogP contribution in [0, 0.1) is 5.92 Å². The molecule has 1 fully saturated rings. The van der Waals surface area contributed by atoms with E-state index in [4.69, 9.17) is 0 Å². The lowest BCUT2D eigenvalue weighted by Crippen LogP contribution is -2.65.